The van der Waals surface area contributed by atoms with Crippen molar-refractivity contribution in [3.05, 3.63) is 72.4 Å². The molecule has 0 aliphatic carbocycles. The van der Waals surface area contributed by atoms with Gasteiger partial charge in [-0.3, -0.25) is 9.59 Å². The highest BCUT2D eigenvalue weighted by atomic mass is 16.5. The molecule has 0 bridgehead atoms. The molecule has 0 aliphatic rings. The zero-order valence-corrected chi connectivity index (χ0v) is 15.5. The number of aromatic nitrogens is 1. The van der Waals surface area contributed by atoms with Crippen LogP contribution in [0.15, 0.2) is 66.9 Å². The maximum atomic E-state index is 12.4. The quantitative estimate of drug-likeness (QED) is 0.604. The van der Waals surface area contributed by atoms with Gasteiger partial charge in [-0.15, -0.1) is 0 Å². The van der Waals surface area contributed by atoms with Gasteiger partial charge < -0.3 is 20.7 Å². The Kier molecular flexibility index (Phi) is 5.86. The van der Waals surface area contributed by atoms with Crippen molar-refractivity contribution in [2.24, 2.45) is 0 Å². The molecule has 1 aromatic heterocycles. The average Bonchev–Trinajstić information content (AvgIpc) is 2.70. The van der Waals surface area contributed by atoms with Gasteiger partial charge in [-0.1, -0.05) is 6.07 Å². The Bertz CT molecular complexity index is 970. The molecule has 0 unspecified atom stereocenters. The van der Waals surface area contributed by atoms with E-state index in [0.717, 1.165) is 11.4 Å². The van der Waals surface area contributed by atoms with Crippen LogP contribution in [0.4, 0.5) is 22.9 Å². The molecule has 28 heavy (non-hydrogen) atoms. The van der Waals surface area contributed by atoms with E-state index in [9.17, 15) is 9.59 Å². The molecule has 7 nitrogen and oxygen atoms in total. The van der Waals surface area contributed by atoms with Crippen LogP contribution in [0.2, 0.25) is 0 Å². The molecule has 0 radical (unpaired) electrons. The Balaban J connectivity index is 1.62. The Hall–Kier alpha value is -3.87. The van der Waals surface area contributed by atoms with E-state index in [-0.39, 0.29) is 11.8 Å². The van der Waals surface area contributed by atoms with Gasteiger partial charge in [0.25, 0.3) is 5.91 Å². The number of carbonyl (C=O) groups is 2. The van der Waals surface area contributed by atoms with Gasteiger partial charge >= 0.3 is 0 Å². The number of amides is 2. The molecule has 0 fully saturated rings. The molecule has 3 N–H and O–H groups in total. The topological polar surface area (TPSA) is 92.4 Å². The van der Waals surface area contributed by atoms with E-state index in [4.69, 9.17) is 4.74 Å². The second-order valence-electron chi connectivity index (χ2n) is 6.00. The van der Waals surface area contributed by atoms with Crippen LogP contribution in [0.25, 0.3) is 0 Å². The molecule has 0 spiro atoms. The third kappa shape index (κ3) is 5.07. The van der Waals surface area contributed by atoms with Gasteiger partial charge in [0, 0.05) is 36.2 Å². The standard InChI is InChI=1S/C21H20N4O3/c1-14(26)23-16-7-9-17(10-8-16)25-21(27)15-6-11-20(22-13-15)24-18-4-3-5-19(12-18)28-2/h3-13H,1-2H3,(H,22,24)(H,23,26)(H,25,27). The highest BCUT2D eigenvalue weighted by Crippen LogP contribution is 2.20. The summed E-state index contributed by atoms with van der Waals surface area (Å²) in [6.07, 6.45) is 1.50. The lowest BCUT2D eigenvalue weighted by atomic mass is 10.2. The summed E-state index contributed by atoms with van der Waals surface area (Å²) in [5.41, 5.74) is 2.56. The first-order valence-electron chi connectivity index (χ1n) is 8.59. The van der Waals surface area contributed by atoms with Gasteiger partial charge in [0.15, 0.2) is 0 Å². The smallest absolute Gasteiger partial charge is 0.257 e. The van der Waals surface area contributed by atoms with Gasteiger partial charge in [0.2, 0.25) is 5.91 Å². The van der Waals surface area contributed by atoms with Crippen LogP contribution in [-0.4, -0.2) is 23.9 Å². The van der Waals surface area contributed by atoms with E-state index >= 15 is 0 Å². The van der Waals surface area contributed by atoms with E-state index in [2.05, 4.69) is 20.9 Å². The first-order valence-corrected chi connectivity index (χ1v) is 8.59. The fraction of sp³-hybridized carbons (Fsp3) is 0.0952. The number of pyridine rings is 1. The fourth-order valence-electron chi connectivity index (χ4n) is 2.49. The minimum absolute atomic E-state index is 0.148. The number of methoxy groups -OCH3 is 1. The maximum Gasteiger partial charge on any atom is 0.257 e. The summed E-state index contributed by atoms with van der Waals surface area (Å²) in [6, 6.07) is 17.8. The number of hydrogen-bond acceptors (Lipinski definition) is 5. The first-order chi connectivity index (χ1) is 13.5. The minimum atomic E-state index is -0.271. The Labute approximate surface area is 162 Å². The summed E-state index contributed by atoms with van der Waals surface area (Å²) >= 11 is 0. The van der Waals surface area contributed by atoms with Crippen LogP contribution in [0.5, 0.6) is 5.75 Å². The highest BCUT2D eigenvalue weighted by Gasteiger charge is 2.07. The van der Waals surface area contributed by atoms with Crippen molar-refractivity contribution in [1.82, 2.24) is 4.98 Å². The van der Waals surface area contributed by atoms with Crippen LogP contribution >= 0.6 is 0 Å². The summed E-state index contributed by atoms with van der Waals surface area (Å²) in [6.45, 7) is 1.44. The van der Waals surface area contributed by atoms with Gasteiger partial charge in [-0.2, -0.15) is 0 Å². The van der Waals surface area contributed by atoms with Crippen molar-refractivity contribution in [1.29, 1.82) is 0 Å². The summed E-state index contributed by atoms with van der Waals surface area (Å²) in [4.78, 5) is 27.7. The van der Waals surface area contributed by atoms with E-state index < -0.39 is 0 Å². The summed E-state index contributed by atoms with van der Waals surface area (Å²) in [7, 11) is 1.61. The highest BCUT2D eigenvalue weighted by molar-refractivity contribution is 6.04. The number of nitrogens with zero attached hydrogens (tertiary/aromatic N) is 1. The van der Waals surface area contributed by atoms with Crippen LogP contribution < -0.4 is 20.7 Å². The van der Waals surface area contributed by atoms with Crippen molar-refractivity contribution in [2.75, 3.05) is 23.1 Å². The second kappa shape index (κ2) is 8.68. The molecule has 0 saturated carbocycles. The minimum Gasteiger partial charge on any atom is -0.497 e. The van der Waals surface area contributed by atoms with Crippen LogP contribution in [0.1, 0.15) is 17.3 Å². The average molecular weight is 376 g/mol. The first kappa shape index (κ1) is 18.9. The predicted molar refractivity (Wildman–Crippen MR) is 109 cm³/mol. The van der Waals surface area contributed by atoms with Crippen molar-refractivity contribution >= 4 is 34.7 Å². The number of rotatable bonds is 6. The normalized spacial score (nSPS) is 10.1. The van der Waals surface area contributed by atoms with Gasteiger partial charge in [0.05, 0.1) is 12.7 Å². The second-order valence-corrected chi connectivity index (χ2v) is 6.00. The number of hydrogen-bond donors (Lipinski definition) is 3. The molecule has 2 amide bonds. The van der Waals surface area contributed by atoms with Crippen molar-refractivity contribution in [2.45, 2.75) is 6.92 Å². The number of nitrogens with one attached hydrogen (secondary N) is 3. The molecular weight excluding hydrogens is 356 g/mol. The van der Waals surface area contributed by atoms with Gasteiger partial charge in [-0.05, 0) is 48.5 Å². The monoisotopic (exact) mass is 376 g/mol. The van der Waals surface area contributed by atoms with E-state index in [0.29, 0.717) is 22.8 Å². The Morgan fingerprint density at radius 2 is 1.61 bits per heavy atom. The SMILES string of the molecule is COc1cccc(Nc2ccc(C(=O)Nc3ccc(NC(C)=O)cc3)cn2)c1. The number of anilines is 4. The van der Waals surface area contributed by atoms with Crippen LogP contribution in [0, 0.1) is 0 Å². The summed E-state index contributed by atoms with van der Waals surface area (Å²) in [5.74, 6) is 0.938. The zero-order valence-electron chi connectivity index (χ0n) is 15.5. The van der Waals surface area contributed by atoms with Gasteiger partial charge in [-0.25, -0.2) is 4.98 Å². The third-order valence-corrected chi connectivity index (χ3v) is 3.83. The van der Waals surface area contributed by atoms with Crippen molar-refractivity contribution in [3.63, 3.8) is 0 Å². The molecule has 0 saturated heterocycles. The Morgan fingerprint density at radius 1 is 0.893 bits per heavy atom. The number of ether oxygens (including phenoxy) is 1. The van der Waals surface area contributed by atoms with E-state index in [1.807, 2.05) is 24.3 Å². The third-order valence-electron chi connectivity index (χ3n) is 3.83. The summed E-state index contributed by atoms with van der Waals surface area (Å²) in [5, 5.41) is 8.63. The van der Waals surface area contributed by atoms with E-state index in [1.54, 1.807) is 43.5 Å². The molecular formula is C21H20N4O3. The molecule has 3 rings (SSSR count). The molecule has 0 aliphatic heterocycles. The lowest BCUT2D eigenvalue weighted by Crippen LogP contribution is -2.12. The van der Waals surface area contributed by atoms with Gasteiger partial charge in [0.1, 0.15) is 11.6 Å². The van der Waals surface area contributed by atoms with Crippen LogP contribution in [0.3, 0.4) is 0 Å². The van der Waals surface area contributed by atoms with Crippen molar-refractivity contribution < 1.29 is 14.3 Å². The molecule has 142 valence electrons. The van der Waals surface area contributed by atoms with E-state index in [1.165, 1.54) is 13.1 Å². The lowest BCUT2D eigenvalue weighted by molar-refractivity contribution is -0.114. The predicted octanol–water partition coefficient (Wildman–Crippen LogP) is 4.04. The molecule has 3 aromatic rings. The fourth-order valence-corrected chi connectivity index (χ4v) is 2.49. The maximum absolute atomic E-state index is 12.4. The number of benzene rings is 2. The number of carbonyl (C=O) groups excluding carboxylic acids is 2. The molecule has 2 aromatic carbocycles. The zero-order chi connectivity index (χ0) is 19.9. The largest absolute Gasteiger partial charge is 0.497 e. The molecule has 0 atom stereocenters. The van der Waals surface area contributed by atoms with Crippen LogP contribution in [-0.2, 0) is 4.79 Å². The summed E-state index contributed by atoms with van der Waals surface area (Å²) < 4.78 is 5.19. The molecule has 1 heterocycles. The lowest BCUT2D eigenvalue weighted by Gasteiger charge is -2.09. The van der Waals surface area contributed by atoms with Crippen molar-refractivity contribution in [3.8, 4) is 5.75 Å². The molecule has 7 heteroatoms. The Morgan fingerprint density at radius 3 is 2.21 bits per heavy atom.